The predicted octanol–water partition coefficient (Wildman–Crippen LogP) is 3.42. The second kappa shape index (κ2) is 8.06. The van der Waals surface area contributed by atoms with Crippen molar-refractivity contribution >= 4 is 35.0 Å². The molecule has 2 atom stereocenters. The lowest BCUT2D eigenvalue weighted by Crippen LogP contribution is -2.66. The number of nitrogens with one attached hydrogen (secondary N) is 1. The summed E-state index contributed by atoms with van der Waals surface area (Å²) in [4.78, 5) is 44.6. The molecule has 30 heavy (non-hydrogen) atoms. The lowest BCUT2D eigenvalue weighted by atomic mass is 10.0. The van der Waals surface area contributed by atoms with E-state index in [9.17, 15) is 18.8 Å². The molecule has 5 amide bonds. The maximum absolute atomic E-state index is 13.9. The number of fused-ring (bicyclic) bond motifs is 1. The number of nitrogens with zero attached hydrogens (tertiary/aromatic N) is 3. The predicted molar refractivity (Wildman–Crippen MR) is 112 cm³/mol. The molecule has 1 aromatic heterocycles. The van der Waals surface area contributed by atoms with Gasteiger partial charge in [0, 0.05) is 17.5 Å². The maximum atomic E-state index is 13.9. The molecule has 158 valence electrons. The summed E-state index contributed by atoms with van der Waals surface area (Å²) >= 11 is 1.52. The number of halogens is 1. The van der Waals surface area contributed by atoms with Gasteiger partial charge in [-0.3, -0.25) is 4.79 Å². The van der Waals surface area contributed by atoms with Crippen LogP contribution in [0.2, 0.25) is 0 Å². The van der Waals surface area contributed by atoms with E-state index in [1.54, 1.807) is 4.90 Å². The molecule has 1 aromatic carbocycles. The molecule has 2 fully saturated rings. The van der Waals surface area contributed by atoms with Crippen LogP contribution in [0.5, 0.6) is 0 Å². The van der Waals surface area contributed by atoms with Crippen molar-refractivity contribution in [2.45, 2.75) is 44.9 Å². The highest BCUT2D eigenvalue weighted by Crippen LogP contribution is 2.34. The molecule has 2 saturated heterocycles. The third-order valence-electron chi connectivity index (χ3n) is 5.32. The van der Waals surface area contributed by atoms with Crippen LogP contribution >= 0.6 is 11.3 Å². The molecular formula is C21H23FN4O3S. The van der Waals surface area contributed by atoms with Crippen LogP contribution in [0, 0.1) is 5.82 Å². The van der Waals surface area contributed by atoms with Gasteiger partial charge >= 0.3 is 12.1 Å². The number of carbonyl (C=O) groups excluding carboxylic acids is 3. The Morgan fingerprint density at radius 2 is 2.07 bits per heavy atom. The first kappa shape index (κ1) is 20.3. The van der Waals surface area contributed by atoms with Gasteiger partial charge in [0.25, 0.3) is 5.91 Å². The molecule has 2 aliphatic heterocycles. The summed E-state index contributed by atoms with van der Waals surface area (Å²) in [5, 5.41) is 4.75. The number of anilines is 1. The van der Waals surface area contributed by atoms with Crippen molar-refractivity contribution in [3.05, 3.63) is 52.5 Å². The minimum atomic E-state index is -0.815. The highest BCUT2D eigenvalue weighted by molar-refractivity contribution is 7.09. The fourth-order valence-corrected chi connectivity index (χ4v) is 4.77. The molecule has 2 aromatic rings. The van der Waals surface area contributed by atoms with Gasteiger partial charge in [-0.25, -0.2) is 18.9 Å². The Kier molecular flexibility index (Phi) is 5.46. The van der Waals surface area contributed by atoms with Crippen LogP contribution in [0.4, 0.5) is 19.7 Å². The lowest BCUT2D eigenvalue weighted by Gasteiger charge is -2.43. The first-order chi connectivity index (χ1) is 14.4. The molecule has 1 N–H and O–H groups in total. The topological polar surface area (TPSA) is 73.0 Å². The van der Waals surface area contributed by atoms with Gasteiger partial charge in [-0.15, -0.1) is 11.3 Å². The van der Waals surface area contributed by atoms with Crippen LogP contribution in [-0.2, 0) is 11.3 Å². The quantitative estimate of drug-likeness (QED) is 0.808. The highest BCUT2D eigenvalue weighted by Gasteiger charge is 2.53. The Balaban J connectivity index is 1.72. The van der Waals surface area contributed by atoms with Crippen molar-refractivity contribution in [1.82, 2.24) is 15.1 Å². The molecule has 0 bridgehead atoms. The molecule has 9 heteroatoms. The van der Waals surface area contributed by atoms with Crippen molar-refractivity contribution in [3.63, 3.8) is 0 Å². The number of rotatable bonds is 4. The lowest BCUT2D eigenvalue weighted by molar-refractivity contribution is -0.124. The van der Waals surface area contributed by atoms with Crippen molar-refractivity contribution in [3.8, 4) is 0 Å². The van der Waals surface area contributed by atoms with Crippen molar-refractivity contribution in [2.75, 3.05) is 11.4 Å². The molecule has 0 saturated carbocycles. The maximum Gasteiger partial charge on any atom is 0.332 e. The van der Waals surface area contributed by atoms with Crippen LogP contribution in [0.25, 0.3) is 0 Å². The van der Waals surface area contributed by atoms with Crippen LogP contribution in [-0.4, -0.2) is 52.4 Å². The number of imide groups is 1. The number of benzene rings is 1. The minimum absolute atomic E-state index is 0.0848. The molecule has 0 unspecified atom stereocenters. The number of urea groups is 2. The van der Waals surface area contributed by atoms with Gasteiger partial charge in [-0.1, -0.05) is 12.1 Å². The molecule has 0 radical (unpaired) electrons. The summed E-state index contributed by atoms with van der Waals surface area (Å²) in [5.41, 5.74) is 0.163. The number of hydrogen-bond acceptors (Lipinski definition) is 4. The van der Waals surface area contributed by atoms with Gasteiger partial charge in [0.15, 0.2) is 0 Å². The highest BCUT2D eigenvalue weighted by atomic mass is 32.1. The Morgan fingerprint density at radius 1 is 1.27 bits per heavy atom. The van der Waals surface area contributed by atoms with E-state index in [-0.39, 0.29) is 17.8 Å². The van der Waals surface area contributed by atoms with Gasteiger partial charge in [0.1, 0.15) is 11.9 Å². The van der Waals surface area contributed by atoms with Crippen molar-refractivity contribution < 1.29 is 18.8 Å². The van der Waals surface area contributed by atoms with E-state index in [0.29, 0.717) is 19.5 Å². The zero-order valence-corrected chi connectivity index (χ0v) is 17.6. The Labute approximate surface area is 178 Å². The van der Waals surface area contributed by atoms with E-state index >= 15 is 0 Å². The number of thiophene rings is 1. The molecule has 3 heterocycles. The number of likely N-dealkylation sites (tertiary alicyclic amines) is 1. The summed E-state index contributed by atoms with van der Waals surface area (Å²) in [7, 11) is 0. The third kappa shape index (κ3) is 3.65. The van der Waals surface area contributed by atoms with E-state index in [1.807, 2.05) is 31.4 Å². The van der Waals surface area contributed by atoms with E-state index in [1.165, 1.54) is 34.4 Å². The van der Waals surface area contributed by atoms with Gasteiger partial charge in [0.05, 0.1) is 18.3 Å². The van der Waals surface area contributed by atoms with Crippen LogP contribution in [0.15, 0.2) is 41.8 Å². The summed E-state index contributed by atoms with van der Waals surface area (Å²) in [6.45, 7) is 4.39. The second-order valence-electron chi connectivity index (χ2n) is 7.74. The van der Waals surface area contributed by atoms with Crippen LogP contribution < -0.4 is 10.2 Å². The Bertz CT molecular complexity index is 965. The Hall–Kier alpha value is -2.94. The summed E-state index contributed by atoms with van der Waals surface area (Å²) in [6.07, 6.45) is 0.510. The number of hydrogen-bond donors (Lipinski definition) is 1. The summed E-state index contributed by atoms with van der Waals surface area (Å²) in [5.74, 6) is -1.05. The zero-order valence-electron chi connectivity index (χ0n) is 16.7. The van der Waals surface area contributed by atoms with Gasteiger partial charge in [-0.05, 0) is 49.9 Å². The van der Waals surface area contributed by atoms with E-state index in [2.05, 4.69) is 5.32 Å². The first-order valence-electron chi connectivity index (χ1n) is 9.86. The standard InChI is InChI=1S/C21H23FN4O3S/c1-13(2)23-20(28)24-9-8-17-18(24)19(27)26(15-6-3-5-14(22)11-15)21(29)25(17)12-16-7-4-10-30-16/h3-7,10-11,13,17-18H,8-9,12H2,1-2H3,(H,23,28)/t17-,18+/m1/s1. The normalized spacial score (nSPS) is 21.4. The number of carbonyl (C=O) groups is 3. The Morgan fingerprint density at radius 3 is 2.73 bits per heavy atom. The first-order valence-corrected chi connectivity index (χ1v) is 10.7. The average molecular weight is 431 g/mol. The molecule has 2 aliphatic rings. The van der Waals surface area contributed by atoms with Gasteiger partial charge < -0.3 is 15.1 Å². The largest absolute Gasteiger partial charge is 0.336 e. The monoisotopic (exact) mass is 430 g/mol. The average Bonchev–Trinajstić information content (AvgIpc) is 3.34. The summed E-state index contributed by atoms with van der Waals surface area (Å²) in [6, 6.07) is 7.07. The minimum Gasteiger partial charge on any atom is -0.336 e. The summed E-state index contributed by atoms with van der Waals surface area (Å²) < 4.78 is 13.9. The number of amides is 5. The SMILES string of the molecule is CC(C)NC(=O)N1CC[C@@H]2[C@H]1C(=O)N(c1cccc(F)c1)C(=O)N2Cc1cccs1. The van der Waals surface area contributed by atoms with Gasteiger partial charge in [-0.2, -0.15) is 0 Å². The van der Waals surface area contributed by atoms with E-state index in [4.69, 9.17) is 0 Å². The second-order valence-corrected chi connectivity index (χ2v) is 8.77. The molecular weight excluding hydrogens is 407 g/mol. The molecule has 4 rings (SSSR count). The fraction of sp³-hybridized carbons (Fsp3) is 0.381. The molecule has 0 spiro atoms. The fourth-order valence-electron chi connectivity index (χ4n) is 4.06. The van der Waals surface area contributed by atoms with Crippen LogP contribution in [0.3, 0.4) is 0 Å². The van der Waals surface area contributed by atoms with Gasteiger partial charge in [0.2, 0.25) is 0 Å². The van der Waals surface area contributed by atoms with Crippen molar-refractivity contribution in [2.24, 2.45) is 0 Å². The smallest absolute Gasteiger partial charge is 0.332 e. The molecule has 0 aliphatic carbocycles. The molecule has 7 nitrogen and oxygen atoms in total. The van der Waals surface area contributed by atoms with E-state index in [0.717, 1.165) is 15.8 Å². The van der Waals surface area contributed by atoms with Crippen LogP contribution in [0.1, 0.15) is 25.1 Å². The zero-order chi connectivity index (χ0) is 21.4. The van der Waals surface area contributed by atoms with E-state index < -0.39 is 29.8 Å². The third-order valence-corrected chi connectivity index (χ3v) is 6.18. The van der Waals surface area contributed by atoms with Crippen molar-refractivity contribution in [1.29, 1.82) is 0 Å².